The van der Waals surface area contributed by atoms with Gasteiger partial charge in [-0.2, -0.15) is 0 Å². The second kappa shape index (κ2) is 14.7. The highest BCUT2D eigenvalue weighted by atomic mass is 16.5. The minimum atomic E-state index is -1.90. The average Bonchev–Trinajstić information content (AvgIpc) is 3.22. The summed E-state index contributed by atoms with van der Waals surface area (Å²) >= 11 is 0. The minimum Gasteiger partial charge on any atom is -0.508 e. The van der Waals surface area contributed by atoms with E-state index in [1.807, 2.05) is 0 Å². The Hall–Kier alpha value is -7.80. The first kappa shape index (κ1) is 40.6. The summed E-state index contributed by atoms with van der Waals surface area (Å²) in [6, 6.07) is 14.4. The lowest BCUT2D eigenvalue weighted by molar-refractivity contribution is -0.00562. The molecule has 0 saturated heterocycles. The fraction of sp³-hybridized carbons (Fsp3) is 0.200. The third kappa shape index (κ3) is 6.46. The van der Waals surface area contributed by atoms with Crippen LogP contribution in [-0.2, 0) is 6.42 Å². The second-order valence-electron chi connectivity index (χ2n) is 15.7. The lowest BCUT2D eigenvalue weighted by Gasteiger charge is -2.43. The summed E-state index contributed by atoms with van der Waals surface area (Å²) in [5, 5.41) is 166. The van der Waals surface area contributed by atoms with Gasteiger partial charge in [0.1, 0.15) is 70.1 Å². The number of benzene rings is 6. The Morgan fingerprint density at radius 1 is 0.365 bits per heavy atom. The Balaban J connectivity index is 1.31. The molecule has 18 nitrogen and oxygen atoms in total. The Labute approximate surface area is 354 Å². The van der Waals surface area contributed by atoms with E-state index in [1.165, 1.54) is 18.2 Å². The van der Waals surface area contributed by atoms with Crippen molar-refractivity contribution in [3.63, 3.8) is 0 Å². The van der Waals surface area contributed by atoms with Crippen LogP contribution in [-0.4, -0.2) is 94.9 Å². The molecule has 0 aromatic heterocycles. The van der Waals surface area contributed by atoms with Crippen LogP contribution in [0.4, 0.5) is 0 Å². The molecule has 3 heterocycles. The van der Waals surface area contributed by atoms with Crippen LogP contribution in [0.25, 0.3) is 0 Å². The molecule has 15 N–H and O–H groups in total. The molecule has 0 bridgehead atoms. The lowest BCUT2D eigenvalue weighted by atomic mass is 9.73. The Morgan fingerprint density at radius 2 is 0.778 bits per heavy atom. The van der Waals surface area contributed by atoms with Crippen LogP contribution in [0.3, 0.4) is 0 Å². The van der Waals surface area contributed by atoms with Crippen molar-refractivity contribution < 1.29 is 90.8 Å². The molecule has 3 aliphatic rings. The molecular formula is C45H38O18. The summed E-state index contributed by atoms with van der Waals surface area (Å²) < 4.78 is 18.9. The van der Waals surface area contributed by atoms with Crippen molar-refractivity contribution in [2.24, 2.45) is 0 Å². The van der Waals surface area contributed by atoms with Gasteiger partial charge < -0.3 is 90.8 Å². The van der Waals surface area contributed by atoms with Gasteiger partial charge >= 0.3 is 0 Å². The highest BCUT2D eigenvalue weighted by Crippen LogP contribution is 2.62. The minimum absolute atomic E-state index is 0.0127. The molecule has 6 aromatic carbocycles. The van der Waals surface area contributed by atoms with Gasteiger partial charge in [-0.25, -0.2) is 0 Å². The maximum atomic E-state index is 12.5. The normalized spacial score (nSPS) is 23.6. The van der Waals surface area contributed by atoms with E-state index >= 15 is 0 Å². The number of hydrogen-bond acceptors (Lipinski definition) is 18. The number of phenols is 12. The number of hydrogen-bond donors (Lipinski definition) is 15. The Kier molecular flexibility index (Phi) is 9.46. The molecule has 0 spiro atoms. The molecule has 63 heavy (non-hydrogen) atoms. The van der Waals surface area contributed by atoms with E-state index in [0.29, 0.717) is 0 Å². The number of ether oxygens (including phenoxy) is 3. The number of fused-ring (bicyclic) bond motifs is 3. The van der Waals surface area contributed by atoms with E-state index in [-0.39, 0.29) is 62.4 Å². The number of aromatic hydroxyl groups is 12. The number of aliphatic hydroxyl groups is 3. The Bertz CT molecular complexity index is 2840. The summed E-state index contributed by atoms with van der Waals surface area (Å²) in [5.41, 5.74) is -1.10. The largest absolute Gasteiger partial charge is 0.508 e. The van der Waals surface area contributed by atoms with E-state index in [0.717, 1.165) is 60.7 Å². The van der Waals surface area contributed by atoms with E-state index < -0.39 is 123 Å². The van der Waals surface area contributed by atoms with E-state index in [2.05, 4.69) is 0 Å². The van der Waals surface area contributed by atoms with Crippen LogP contribution in [0, 0.1) is 0 Å². The predicted molar refractivity (Wildman–Crippen MR) is 214 cm³/mol. The smallest absolute Gasteiger partial charge is 0.157 e. The van der Waals surface area contributed by atoms with Crippen molar-refractivity contribution >= 4 is 0 Å². The first-order chi connectivity index (χ1) is 29.9. The zero-order valence-corrected chi connectivity index (χ0v) is 32.3. The summed E-state index contributed by atoms with van der Waals surface area (Å²) in [7, 11) is 0. The van der Waals surface area contributed by atoms with Gasteiger partial charge in [0.05, 0.1) is 17.9 Å². The summed E-state index contributed by atoms with van der Waals surface area (Å²) in [5.74, 6) is -11.5. The van der Waals surface area contributed by atoms with Crippen LogP contribution >= 0.6 is 0 Å². The summed E-state index contributed by atoms with van der Waals surface area (Å²) in [4.78, 5) is 0. The molecule has 3 aliphatic heterocycles. The maximum absolute atomic E-state index is 12.5. The molecule has 9 rings (SSSR count). The molecule has 0 saturated carbocycles. The summed E-state index contributed by atoms with van der Waals surface area (Å²) in [6.45, 7) is 0. The van der Waals surface area contributed by atoms with Crippen molar-refractivity contribution in [1.29, 1.82) is 0 Å². The molecule has 0 fully saturated rings. The van der Waals surface area contributed by atoms with Crippen molar-refractivity contribution in [2.75, 3.05) is 0 Å². The summed E-state index contributed by atoms with van der Waals surface area (Å²) in [6.07, 6.45) is -9.93. The topological polar surface area (TPSA) is 331 Å². The number of rotatable bonds is 5. The zero-order valence-electron chi connectivity index (χ0n) is 32.3. The molecule has 18 heteroatoms. The van der Waals surface area contributed by atoms with Gasteiger partial charge in [-0.3, -0.25) is 0 Å². The molecule has 0 amide bonds. The molecule has 0 aliphatic carbocycles. The highest BCUT2D eigenvalue weighted by Gasteiger charge is 2.51. The van der Waals surface area contributed by atoms with Gasteiger partial charge in [0.2, 0.25) is 0 Å². The molecule has 0 unspecified atom stereocenters. The third-order valence-electron chi connectivity index (χ3n) is 11.8. The second-order valence-corrected chi connectivity index (χ2v) is 15.7. The average molecular weight is 867 g/mol. The van der Waals surface area contributed by atoms with Crippen LogP contribution in [0.15, 0.2) is 78.9 Å². The first-order valence-corrected chi connectivity index (χ1v) is 19.3. The number of phenolic OH excluding ortho intramolecular Hbond substituents is 12. The third-order valence-corrected chi connectivity index (χ3v) is 11.8. The van der Waals surface area contributed by atoms with E-state index in [4.69, 9.17) is 14.2 Å². The van der Waals surface area contributed by atoms with Crippen LogP contribution in [0.5, 0.6) is 86.2 Å². The van der Waals surface area contributed by atoms with Crippen LogP contribution in [0.2, 0.25) is 0 Å². The van der Waals surface area contributed by atoms with Gasteiger partial charge in [-0.1, -0.05) is 18.2 Å². The first-order valence-electron chi connectivity index (χ1n) is 19.3. The molecule has 6 aromatic rings. The van der Waals surface area contributed by atoms with Gasteiger partial charge in [0, 0.05) is 58.5 Å². The van der Waals surface area contributed by atoms with Crippen molar-refractivity contribution in [3.05, 3.63) is 123 Å². The van der Waals surface area contributed by atoms with Gasteiger partial charge in [-0.15, -0.1) is 0 Å². The Morgan fingerprint density at radius 3 is 1.29 bits per heavy atom. The molecule has 326 valence electrons. The van der Waals surface area contributed by atoms with Gasteiger partial charge in [0.15, 0.2) is 46.7 Å². The quantitative estimate of drug-likeness (QED) is 0.106. The predicted octanol–water partition coefficient (Wildman–Crippen LogP) is 4.44. The zero-order chi connectivity index (χ0) is 44.9. The fourth-order valence-electron chi connectivity index (χ4n) is 8.94. The standard InChI is InChI=1S/C45H38O18/c46-18-10-27(54)33-32(11-18)61-42(16-2-5-21(48)25(52)8-16)39(59)37(33)35-29(56)14-30(57)36-38(40(60)43(63-45(35)36)17-3-6-22(49)26(53)9-17)34-28(55)13-23(50)19-12-31(58)41(62-44(19)34)15-1-4-20(47)24(51)7-15/h1-11,13-14,31,37-43,46-60H,12H2/t31-,37+,38+,39+,40+,41-,42-,43-/m1/s1. The van der Waals surface area contributed by atoms with Crippen molar-refractivity contribution in [2.45, 2.75) is 54.9 Å². The van der Waals surface area contributed by atoms with Crippen LogP contribution in [0.1, 0.15) is 74.7 Å². The highest BCUT2D eigenvalue weighted by molar-refractivity contribution is 5.70. The molecular weight excluding hydrogens is 828 g/mol. The van der Waals surface area contributed by atoms with Gasteiger partial charge in [-0.05, 0) is 53.1 Å². The van der Waals surface area contributed by atoms with Crippen molar-refractivity contribution in [3.8, 4) is 86.2 Å². The van der Waals surface area contributed by atoms with Gasteiger partial charge in [0.25, 0.3) is 0 Å². The molecule has 0 radical (unpaired) electrons. The van der Waals surface area contributed by atoms with E-state index in [1.54, 1.807) is 0 Å². The lowest BCUT2D eigenvalue weighted by Crippen LogP contribution is -2.39. The van der Waals surface area contributed by atoms with Crippen molar-refractivity contribution in [1.82, 2.24) is 0 Å². The fourth-order valence-corrected chi connectivity index (χ4v) is 8.94. The number of aliphatic hydroxyl groups excluding tert-OH is 3. The van der Waals surface area contributed by atoms with Crippen LogP contribution < -0.4 is 14.2 Å². The maximum Gasteiger partial charge on any atom is 0.157 e. The molecule has 8 atom stereocenters. The monoisotopic (exact) mass is 866 g/mol. The SMILES string of the molecule is Oc1cc(O)c2c(c1)O[C@H](c1ccc(O)c(O)c1)[C@@H](O)[C@@H]2c1c(O)cc(O)c2c1O[C@H](c1ccc(O)c(O)c1)[C@@H](O)[C@H]2c1c(O)cc(O)c2c1O[C@H](c1ccc(O)c(O)c1)[C@H](O)C2. The van der Waals surface area contributed by atoms with E-state index in [9.17, 15) is 76.6 Å².